The summed E-state index contributed by atoms with van der Waals surface area (Å²) in [5.74, 6) is 0. The Labute approximate surface area is 38.6 Å². The first-order valence-electron chi connectivity index (χ1n) is 1.97. The molecule has 0 heterocycles. The number of hydrogen-bond donors (Lipinski definition) is 0. The van der Waals surface area contributed by atoms with Gasteiger partial charge in [-0.05, 0) is 19.9 Å². The zero-order valence-electron chi connectivity index (χ0n) is 3.98. The van der Waals surface area contributed by atoms with Gasteiger partial charge in [0, 0.05) is 0 Å². The van der Waals surface area contributed by atoms with Crippen LogP contribution in [0.5, 0.6) is 0 Å². The highest BCUT2D eigenvalue weighted by atomic mass is 16.5. The van der Waals surface area contributed by atoms with Crippen molar-refractivity contribution in [2.75, 3.05) is 6.61 Å². The van der Waals surface area contributed by atoms with E-state index in [-0.39, 0.29) is 0 Å². The van der Waals surface area contributed by atoms with E-state index in [1.165, 1.54) is 0 Å². The Hall–Kier alpha value is -0.460. The summed E-state index contributed by atoms with van der Waals surface area (Å²) in [4.78, 5) is 0. The Bertz CT molecular complexity index is 39.2. The van der Waals surface area contributed by atoms with E-state index in [0.29, 0.717) is 0 Å². The van der Waals surface area contributed by atoms with E-state index < -0.39 is 0 Å². The van der Waals surface area contributed by atoms with Gasteiger partial charge in [0.05, 0.1) is 12.9 Å². The maximum atomic E-state index is 4.74. The van der Waals surface area contributed by atoms with E-state index in [1.807, 2.05) is 6.92 Å². The molecule has 0 unspecified atom stereocenters. The first-order chi connectivity index (χ1) is 2.91. The lowest BCUT2D eigenvalue weighted by molar-refractivity contribution is 0.269. The van der Waals surface area contributed by atoms with Crippen LogP contribution in [0.25, 0.3) is 0 Å². The molecule has 6 heavy (non-hydrogen) atoms. The van der Waals surface area contributed by atoms with Crippen LogP contribution in [-0.2, 0) is 4.74 Å². The number of rotatable bonds is 2. The summed E-state index contributed by atoms with van der Waals surface area (Å²) < 4.78 is 4.74. The molecule has 0 spiro atoms. The zero-order valence-corrected chi connectivity index (χ0v) is 3.98. The fraction of sp³-hybridized carbons (Fsp3) is 0.400. The van der Waals surface area contributed by atoms with Crippen LogP contribution in [0.3, 0.4) is 0 Å². The molecule has 35 valence electrons. The third-order valence-corrected chi connectivity index (χ3v) is 0.359. The number of allylic oxidation sites excluding steroid dienone is 1. The predicted molar refractivity (Wildman–Crippen MR) is 26.1 cm³/mol. The quantitative estimate of drug-likeness (QED) is 0.460. The average molecular weight is 85.1 g/mol. The standard InChI is InChI=1S/C5H9O/c1-3-5-6-4-2/h3,5H,1,4H2,2H3. The largest absolute Gasteiger partial charge is 0.502 e. The van der Waals surface area contributed by atoms with Gasteiger partial charge in [-0.15, -0.1) is 0 Å². The Morgan fingerprint density at radius 1 is 1.83 bits per heavy atom. The van der Waals surface area contributed by atoms with Crippen molar-refractivity contribution in [2.45, 2.75) is 6.92 Å². The molecule has 0 fully saturated rings. The summed E-state index contributed by atoms with van der Waals surface area (Å²) in [6.07, 6.45) is 3.18. The Morgan fingerprint density at radius 2 is 2.50 bits per heavy atom. The molecule has 0 aliphatic carbocycles. The SMILES string of the molecule is [CH2]C=COCC. The fourth-order valence-electron chi connectivity index (χ4n) is 0.164. The van der Waals surface area contributed by atoms with E-state index in [4.69, 9.17) is 4.74 Å². The van der Waals surface area contributed by atoms with Gasteiger partial charge in [-0.1, -0.05) is 0 Å². The molecule has 0 saturated carbocycles. The van der Waals surface area contributed by atoms with E-state index >= 15 is 0 Å². The molecule has 0 aromatic rings. The van der Waals surface area contributed by atoms with Gasteiger partial charge in [0.1, 0.15) is 0 Å². The van der Waals surface area contributed by atoms with Crippen LogP contribution < -0.4 is 0 Å². The first kappa shape index (κ1) is 5.54. The van der Waals surface area contributed by atoms with Crippen LogP contribution in [0.4, 0.5) is 0 Å². The van der Waals surface area contributed by atoms with Crippen molar-refractivity contribution in [1.82, 2.24) is 0 Å². The van der Waals surface area contributed by atoms with Gasteiger partial charge < -0.3 is 4.74 Å². The van der Waals surface area contributed by atoms with Crippen LogP contribution >= 0.6 is 0 Å². The van der Waals surface area contributed by atoms with Crippen LogP contribution in [0.15, 0.2) is 12.3 Å². The normalized spacial score (nSPS) is 9.67. The monoisotopic (exact) mass is 85.1 g/mol. The van der Waals surface area contributed by atoms with Gasteiger partial charge in [0.2, 0.25) is 0 Å². The molecule has 1 heteroatoms. The van der Waals surface area contributed by atoms with Crippen molar-refractivity contribution in [1.29, 1.82) is 0 Å². The summed E-state index contributed by atoms with van der Waals surface area (Å²) in [5.41, 5.74) is 0. The van der Waals surface area contributed by atoms with Gasteiger partial charge in [0.15, 0.2) is 0 Å². The summed E-state index contributed by atoms with van der Waals surface area (Å²) in [7, 11) is 0. The number of ether oxygens (including phenoxy) is 1. The highest BCUT2D eigenvalue weighted by molar-refractivity contribution is 4.74. The first-order valence-corrected chi connectivity index (χ1v) is 1.97. The van der Waals surface area contributed by atoms with Crippen LogP contribution in [0.1, 0.15) is 6.92 Å². The lowest BCUT2D eigenvalue weighted by atomic mass is 10.7. The summed E-state index contributed by atoms with van der Waals surface area (Å²) in [5, 5.41) is 0. The molecule has 0 atom stereocenters. The van der Waals surface area contributed by atoms with Gasteiger partial charge >= 0.3 is 0 Å². The van der Waals surface area contributed by atoms with Gasteiger partial charge in [-0.2, -0.15) is 0 Å². The highest BCUT2D eigenvalue weighted by Crippen LogP contribution is 1.71. The Morgan fingerprint density at radius 3 is 2.67 bits per heavy atom. The summed E-state index contributed by atoms with van der Waals surface area (Å²) in [6.45, 7) is 6.08. The van der Waals surface area contributed by atoms with Crippen molar-refractivity contribution in [2.24, 2.45) is 0 Å². The lowest BCUT2D eigenvalue weighted by Gasteiger charge is -1.86. The zero-order chi connectivity index (χ0) is 4.83. The van der Waals surface area contributed by atoms with Gasteiger partial charge in [-0.3, -0.25) is 0 Å². The molecule has 0 amide bonds. The van der Waals surface area contributed by atoms with Crippen molar-refractivity contribution < 1.29 is 4.74 Å². The topological polar surface area (TPSA) is 9.23 Å². The minimum Gasteiger partial charge on any atom is -0.502 e. The van der Waals surface area contributed by atoms with Crippen LogP contribution in [0, 0.1) is 6.92 Å². The second-order valence-electron chi connectivity index (χ2n) is 0.827. The second kappa shape index (κ2) is 4.54. The minimum atomic E-state index is 0.728. The molecule has 0 saturated heterocycles. The molecule has 0 aromatic carbocycles. The van der Waals surface area contributed by atoms with Crippen molar-refractivity contribution in [3.05, 3.63) is 19.3 Å². The lowest BCUT2D eigenvalue weighted by Crippen LogP contribution is -1.73. The molecule has 0 aromatic heterocycles. The van der Waals surface area contributed by atoms with Crippen molar-refractivity contribution in [3.8, 4) is 0 Å². The maximum absolute atomic E-state index is 4.74. The second-order valence-corrected chi connectivity index (χ2v) is 0.827. The highest BCUT2D eigenvalue weighted by Gasteiger charge is 1.60. The molecule has 1 radical (unpaired) electrons. The maximum Gasteiger partial charge on any atom is 0.0845 e. The third kappa shape index (κ3) is 3.54. The molecular formula is C5H9O. The van der Waals surface area contributed by atoms with Crippen LogP contribution in [0.2, 0.25) is 0 Å². The van der Waals surface area contributed by atoms with Crippen LogP contribution in [-0.4, -0.2) is 6.61 Å². The van der Waals surface area contributed by atoms with E-state index in [1.54, 1.807) is 12.3 Å². The van der Waals surface area contributed by atoms with Gasteiger partial charge in [-0.25, -0.2) is 0 Å². The molecule has 0 bridgehead atoms. The molecule has 0 rings (SSSR count). The van der Waals surface area contributed by atoms with E-state index in [2.05, 4.69) is 6.92 Å². The molecule has 1 nitrogen and oxygen atoms in total. The molecular weight excluding hydrogens is 76.1 g/mol. The molecule has 0 aliphatic heterocycles. The minimum absolute atomic E-state index is 0.728. The van der Waals surface area contributed by atoms with Crippen molar-refractivity contribution >= 4 is 0 Å². The smallest absolute Gasteiger partial charge is 0.0845 e. The summed E-state index contributed by atoms with van der Waals surface area (Å²) >= 11 is 0. The van der Waals surface area contributed by atoms with Gasteiger partial charge in [0.25, 0.3) is 0 Å². The van der Waals surface area contributed by atoms with Crippen molar-refractivity contribution in [3.63, 3.8) is 0 Å². The fourth-order valence-corrected chi connectivity index (χ4v) is 0.164. The molecule has 0 N–H and O–H groups in total. The Kier molecular flexibility index (Phi) is 4.19. The third-order valence-electron chi connectivity index (χ3n) is 0.359. The Balaban J connectivity index is 2.66. The summed E-state index contributed by atoms with van der Waals surface area (Å²) in [6, 6.07) is 0. The van der Waals surface area contributed by atoms with E-state index in [9.17, 15) is 0 Å². The van der Waals surface area contributed by atoms with E-state index in [0.717, 1.165) is 6.61 Å². The average Bonchev–Trinajstić information content (AvgIpc) is 1.61. The number of hydrogen-bond acceptors (Lipinski definition) is 1. The predicted octanol–water partition coefficient (Wildman–Crippen LogP) is 1.37. The molecule has 0 aliphatic rings.